The van der Waals surface area contributed by atoms with Gasteiger partial charge in [0.15, 0.2) is 5.78 Å². The number of carbonyl (C=O) groups is 1. The van der Waals surface area contributed by atoms with Crippen molar-refractivity contribution in [1.29, 1.82) is 0 Å². The third-order valence-corrected chi connectivity index (χ3v) is 9.55. The number of carbonyl (C=O) groups excluding carboxylic acids is 1. The Balaban J connectivity index is 0.00000240. The van der Waals surface area contributed by atoms with Gasteiger partial charge in [-0.25, -0.2) is 0 Å². The van der Waals surface area contributed by atoms with Gasteiger partial charge >= 0.3 is 0 Å². The fourth-order valence-electron chi connectivity index (χ4n) is 7.67. The van der Waals surface area contributed by atoms with Crippen LogP contribution >= 0.6 is 12.4 Å². The Morgan fingerprint density at radius 1 is 1.07 bits per heavy atom. The first-order valence-electron chi connectivity index (χ1n) is 12.0. The van der Waals surface area contributed by atoms with Crippen LogP contribution in [0.5, 0.6) is 0 Å². The van der Waals surface area contributed by atoms with Crippen LogP contribution in [-0.2, 0) is 9.53 Å². The van der Waals surface area contributed by atoms with Gasteiger partial charge in [0.2, 0.25) is 0 Å². The highest BCUT2D eigenvalue weighted by atomic mass is 35.5. The van der Waals surface area contributed by atoms with E-state index in [0.717, 1.165) is 43.7 Å². The lowest BCUT2D eigenvalue weighted by molar-refractivity contribution is -0.146. The van der Waals surface area contributed by atoms with Gasteiger partial charge in [-0.3, -0.25) is 4.79 Å². The van der Waals surface area contributed by atoms with Crippen molar-refractivity contribution in [2.24, 2.45) is 34.5 Å². The zero-order valence-electron chi connectivity index (χ0n) is 19.0. The molecule has 6 atom stereocenters. The lowest BCUT2D eigenvalue weighted by Crippen LogP contribution is -2.55. The molecular formula is C25H42ClNO2. The van der Waals surface area contributed by atoms with Gasteiger partial charge in [0.1, 0.15) is 6.61 Å². The number of hydrogen-bond acceptors (Lipinski definition) is 3. The maximum absolute atomic E-state index is 13.4. The molecule has 0 aromatic carbocycles. The van der Waals surface area contributed by atoms with Crippen LogP contribution < -0.4 is 0 Å². The number of halogens is 1. The van der Waals surface area contributed by atoms with Crippen molar-refractivity contribution in [3.63, 3.8) is 0 Å². The maximum atomic E-state index is 13.4. The molecule has 0 bridgehead atoms. The second-order valence-electron chi connectivity index (χ2n) is 10.6. The zero-order chi connectivity index (χ0) is 19.9. The molecule has 0 spiro atoms. The highest BCUT2D eigenvalue weighted by Gasteiger charge is 2.60. The second-order valence-corrected chi connectivity index (χ2v) is 10.6. The van der Waals surface area contributed by atoms with E-state index >= 15 is 0 Å². The van der Waals surface area contributed by atoms with Gasteiger partial charge in [-0.2, -0.15) is 0 Å². The molecule has 0 heterocycles. The number of fused-ring (bicyclic) bond motifs is 5. The van der Waals surface area contributed by atoms with Crippen molar-refractivity contribution in [2.45, 2.75) is 79.1 Å². The van der Waals surface area contributed by atoms with Crippen molar-refractivity contribution in [3.05, 3.63) is 11.8 Å². The van der Waals surface area contributed by atoms with Gasteiger partial charge in [0, 0.05) is 24.5 Å². The van der Waals surface area contributed by atoms with Gasteiger partial charge in [-0.15, -0.1) is 12.4 Å². The molecule has 29 heavy (non-hydrogen) atoms. The third-order valence-electron chi connectivity index (χ3n) is 9.55. The summed E-state index contributed by atoms with van der Waals surface area (Å²) in [4.78, 5) is 15.8. The summed E-state index contributed by atoms with van der Waals surface area (Å²) in [5.74, 6) is 4.07. The Morgan fingerprint density at radius 2 is 1.83 bits per heavy atom. The number of ether oxygens (including phenoxy) is 1. The molecule has 0 radical (unpaired) electrons. The molecule has 0 aliphatic heterocycles. The Labute approximate surface area is 184 Å². The minimum atomic E-state index is -0.140. The van der Waals surface area contributed by atoms with E-state index in [-0.39, 0.29) is 17.8 Å². The first-order chi connectivity index (χ1) is 13.4. The SMILES string of the molecule is CCN(CC)CCOC1=CC(=O)[C@@]2(C)C(CC[C@H]3[C@@H]4CCC[C@@]4(C)CC[C@@H]32)C1.Cl. The summed E-state index contributed by atoms with van der Waals surface area (Å²) in [6.07, 6.45) is 12.3. The van der Waals surface area contributed by atoms with Crippen molar-refractivity contribution >= 4 is 18.2 Å². The number of likely N-dealkylation sites (N-methyl/N-ethyl adjacent to an activating group) is 1. The van der Waals surface area contributed by atoms with Crippen LogP contribution in [0, 0.1) is 34.5 Å². The molecule has 3 fully saturated rings. The van der Waals surface area contributed by atoms with Gasteiger partial charge in [0.25, 0.3) is 0 Å². The lowest BCUT2D eigenvalue weighted by Gasteiger charge is -2.58. The Morgan fingerprint density at radius 3 is 2.55 bits per heavy atom. The fourth-order valence-corrected chi connectivity index (χ4v) is 7.67. The number of rotatable bonds is 6. The van der Waals surface area contributed by atoms with Crippen LogP contribution in [0.15, 0.2) is 11.8 Å². The van der Waals surface area contributed by atoms with Crippen LogP contribution in [0.3, 0.4) is 0 Å². The van der Waals surface area contributed by atoms with E-state index in [9.17, 15) is 4.79 Å². The minimum absolute atomic E-state index is 0. The zero-order valence-corrected chi connectivity index (χ0v) is 19.9. The topological polar surface area (TPSA) is 29.5 Å². The maximum Gasteiger partial charge on any atom is 0.165 e. The molecule has 3 nitrogen and oxygen atoms in total. The third kappa shape index (κ3) is 3.91. The van der Waals surface area contributed by atoms with Crippen LogP contribution in [0.1, 0.15) is 79.1 Å². The standard InChI is InChI=1S/C25H41NO2.ClH/c1-5-26(6-2)14-15-28-19-16-18-9-10-20-21-8-7-12-24(21,3)13-11-22(20)25(18,4)23(27)17-19;/h17-18,20-22H,5-16H2,1-4H3;1H/t18?,20-,21-,22-,24-,25-;/m0./s1. The molecular weight excluding hydrogens is 382 g/mol. The average Bonchev–Trinajstić information content (AvgIpc) is 3.08. The molecule has 166 valence electrons. The van der Waals surface area contributed by atoms with Gasteiger partial charge in [0.05, 0.1) is 5.76 Å². The predicted octanol–water partition coefficient (Wildman–Crippen LogP) is 5.87. The molecule has 4 rings (SSSR count). The molecule has 0 aromatic rings. The Kier molecular flexibility index (Phi) is 7.10. The van der Waals surface area contributed by atoms with Gasteiger partial charge < -0.3 is 9.64 Å². The molecule has 0 aromatic heterocycles. The Hall–Kier alpha value is -0.540. The van der Waals surface area contributed by atoms with Crippen molar-refractivity contribution in [1.82, 2.24) is 4.90 Å². The monoisotopic (exact) mass is 423 g/mol. The highest BCUT2D eigenvalue weighted by Crippen LogP contribution is 2.65. The van der Waals surface area contributed by atoms with E-state index in [1.165, 1.54) is 44.9 Å². The first kappa shape index (κ1) is 23.1. The van der Waals surface area contributed by atoms with Gasteiger partial charge in [-0.05, 0) is 80.7 Å². The van der Waals surface area contributed by atoms with Gasteiger partial charge in [-0.1, -0.05) is 34.1 Å². The van der Waals surface area contributed by atoms with E-state index in [4.69, 9.17) is 4.74 Å². The first-order valence-corrected chi connectivity index (χ1v) is 12.0. The average molecular weight is 424 g/mol. The van der Waals surface area contributed by atoms with E-state index in [1.54, 1.807) is 0 Å². The van der Waals surface area contributed by atoms with Crippen molar-refractivity contribution < 1.29 is 9.53 Å². The summed E-state index contributed by atoms with van der Waals surface area (Å²) in [6.45, 7) is 13.0. The van der Waals surface area contributed by atoms with E-state index in [1.807, 2.05) is 6.08 Å². The molecule has 4 heteroatoms. The number of hydrogen-bond donors (Lipinski definition) is 0. The minimum Gasteiger partial charge on any atom is -0.496 e. The molecule has 0 saturated heterocycles. The van der Waals surface area contributed by atoms with Crippen molar-refractivity contribution in [2.75, 3.05) is 26.2 Å². The summed E-state index contributed by atoms with van der Waals surface area (Å²) >= 11 is 0. The Bertz CT molecular complexity index is 630. The molecule has 3 saturated carbocycles. The molecule has 0 N–H and O–H groups in total. The highest BCUT2D eigenvalue weighted by molar-refractivity contribution is 5.96. The summed E-state index contributed by atoms with van der Waals surface area (Å²) in [6, 6.07) is 0. The second kappa shape index (κ2) is 8.91. The fraction of sp³-hybridized carbons (Fsp3) is 0.880. The number of allylic oxidation sites excluding steroid dienone is 2. The smallest absolute Gasteiger partial charge is 0.165 e. The van der Waals surface area contributed by atoms with E-state index in [0.29, 0.717) is 29.6 Å². The van der Waals surface area contributed by atoms with E-state index < -0.39 is 0 Å². The quantitative estimate of drug-likeness (QED) is 0.534. The summed E-state index contributed by atoms with van der Waals surface area (Å²) in [7, 11) is 0. The van der Waals surface area contributed by atoms with Crippen LogP contribution in [-0.4, -0.2) is 36.9 Å². The molecule has 4 aliphatic carbocycles. The van der Waals surface area contributed by atoms with E-state index in [2.05, 4.69) is 32.6 Å². The van der Waals surface area contributed by atoms with Crippen LogP contribution in [0.2, 0.25) is 0 Å². The largest absolute Gasteiger partial charge is 0.496 e. The molecule has 0 amide bonds. The number of ketones is 1. The molecule has 1 unspecified atom stereocenters. The molecule has 4 aliphatic rings. The summed E-state index contributed by atoms with van der Waals surface area (Å²) in [5, 5.41) is 0. The summed E-state index contributed by atoms with van der Waals surface area (Å²) < 4.78 is 6.10. The van der Waals surface area contributed by atoms with Crippen molar-refractivity contribution in [3.8, 4) is 0 Å². The van der Waals surface area contributed by atoms with Crippen LogP contribution in [0.4, 0.5) is 0 Å². The number of nitrogens with zero attached hydrogens (tertiary/aromatic N) is 1. The lowest BCUT2D eigenvalue weighted by atomic mass is 9.45. The normalized spacial score (nSPS) is 41.1. The predicted molar refractivity (Wildman–Crippen MR) is 121 cm³/mol. The van der Waals surface area contributed by atoms with Crippen LogP contribution in [0.25, 0.3) is 0 Å². The summed E-state index contributed by atoms with van der Waals surface area (Å²) in [5.41, 5.74) is 0.426.